The monoisotopic (exact) mass is 336 g/mol. The Morgan fingerprint density at radius 2 is 1.71 bits per heavy atom. The van der Waals surface area contributed by atoms with Gasteiger partial charge in [0.25, 0.3) is 0 Å². The molecule has 0 unspecified atom stereocenters. The van der Waals surface area contributed by atoms with Gasteiger partial charge < -0.3 is 10.2 Å². The fourth-order valence-electron chi connectivity index (χ4n) is 2.01. The summed E-state index contributed by atoms with van der Waals surface area (Å²) in [5, 5.41) is 23.7. The Balaban J connectivity index is 2.21. The summed E-state index contributed by atoms with van der Waals surface area (Å²) in [6, 6.07) is 5.82. The van der Waals surface area contributed by atoms with Crippen LogP contribution in [0.1, 0.15) is 20.7 Å². The summed E-state index contributed by atoms with van der Waals surface area (Å²) in [4.78, 5) is 25.0. The number of carbonyl (C=O) groups is 2. The minimum absolute atomic E-state index is 0.132. The van der Waals surface area contributed by atoms with Crippen LogP contribution in [0.3, 0.4) is 0 Å². The third-order valence-corrected chi connectivity index (χ3v) is 5.86. The zero-order valence-corrected chi connectivity index (χ0v) is 12.8. The Morgan fingerprint density at radius 1 is 0.905 bits per heavy atom. The van der Waals surface area contributed by atoms with Gasteiger partial charge in [-0.15, -0.1) is 34.0 Å². The SMILES string of the molecule is O=C(O)c1csc(-c2sccc2-c2cccs2)c1C(=O)O. The van der Waals surface area contributed by atoms with Crippen LogP contribution in [0, 0.1) is 0 Å². The van der Waals surface area contributed by atoms with Crippen molar-refractivity contribution in [3.05, 3.63) is 45.5 Å². The first kappa shape index (κ1) is 14.0. The molecule has 3 heterocycles. The molecule has 106 valence electrons. The molecule has 0 saturated heterocycles. The van der Waals surface area contributed by atoms with Gasteiger partial charge in [-0.2, -0.15) is 0 Å². The molecule has 0 bridgehead atoms. The molecule has 0 aromatic carbocycles. The molecule has 0 amide bonds. The third-order valence-electron chi connectivity index (χ3n) is 2.89. The van der Waals surface area contributed by atoms with Crippen molar-refractivity contribution in [3.8, 4) is 20.2 Å². The van der Waals surface area contributed by atoms with E-state index in [-0.39, 0.29) is 11.1 Å². The van der Waals surface area contributed by atoms with Gasteiger partial charge in [0.05, 0.1) is 20.9 Å². The van der Waals surface area contributed by atoms with Crippen LogP contribution in [0.5, 0.6) is 0 Å². The van der Waals surface area contributed by atoms with Crippen LogP contribution < -0.4 is 0 Å². The standard InChI is InChI=1S/C14H8O4S3/c15-13(16)8-6-21-12(10(8)14(17)18)11-7(3-5-20-11)9-2-1-4-19-9/h1-6H,(H,15,16)(H,17,18). The lowest BCUT2D eigenvalue weighted by atomic mass is 10.1. The summed E-state index contributed by atoms with van der Waals surface area (Å²) < 4.78 is 0. The number of carboxylic acids is 2. The van der Waals surface area contributed by atoms with Crippen molar-refractivity contribution in [1.82, 2.24) is 0 Å². The maximum Gasteiger partial charge on any atom is 0.338 e. The van der Waals surface area contributed by atoms with E-state index >= 15 is 0 Å². The summed E-state index contributed by atoms with van der Waals surface area (Å²) in [5.74, 6) is -2.43. The molecule has 0 aliphatic heterocycles. The summed E-state index contributed by atoms with van der Waals surface area (Å²) in [7, 11) is 0. The zero-order chi connectivity index (χ0) is 15.0. The van der Waals surface area contributed by atoms with Gasteiger partial charge in [0, 0.05) is 15.8 Å². The van der Waals surface area contributed by atoms with Gasteiger partial charge in [-0.25, -0.2) is 9.59 Å². The molecule has 3 rings (SSSR count). The lowest BCUT2D eigenvalue weighted by molar-refractivity contribution is 0.0653. The second-order valence-electron chi connectivity index (χ2n) is 4.10. The van der Waals surface area contributed by atoms with Crippen molar-refractivity contribution in [1.29, 1.82) is 0 Å². The molecule has 0 aliphatic rings. The molecule has 3 aromatic rings. The van der Waals surface area contributed by atoms with Crippen molar-refractivity contribution in [2.24, 2.45) is 0 Å². The summed E-state index contributed by atoms with van der Waals surface area (Å²) >= 11 is 4.14. The van der Waals surface area contributed by atoms with Gasteiger partial charge in [-0.3, -0.25) is 0 Å². The van der Waals surface area contributed by atoms with Gasteiger partial charge in [-0.1, -0.05) is 6.07 Å². The van der Waals surface area contributed by atoms with Gasteiger partial charge >= 0.3 is 11.9 Å². The Kier molecular flexibility index (Phi) is 3.62. The highest BCUT2D eigenvalue weighted by molar-refractivity contribution is 7.22. The smallest absolute Gasteiger partial charge is 0.338 e. The van der Waals surface area contributed by atoms with Crippen molar-refractivity contribution < 1.29 is 19.8 Å². The first-order chi connectivity index (χ1) is 10.1. The molecule has 2 N–H and O–H groups in total. The van der Waals surface area contributed by atoms with Crippen LogP contribution in [-0.2, 0) is 0 Å². The maximum absolute atomic E-state index is 11.5. The van der Waals surface area contributed by atoms with Gasteiger partial charge in [-0.05, 0) is 22.9 Å². The van der Waals surface area contributed by atoms with E-state index in [0.29, 0.717) is 4.88 Å². The van der Waals surface area contributed by atoms with E-state index < -0.39 is 11.9 Å². The number of aromatic carboxylic acids is 2. The number of hydrogen-bond acceptors (Lipinski definition) is 5. The zero-order valence-electron chi connectivity index (χ0n) is 10.4. The quantitative estimate of drug-likeness (QED) is 0.730. The van der Waals surface area contributed by atoms with E-state index in [1.807, 2.05) is 29.0 Å². The Hall–Kier alpha value is -1.96. The minimum atomic E-state index is -1.22. The Bertz CT molecular complexity index is 811. The molecular formula is C14H8O4S3. The highest BCUT2D eigenvalue weighted by Gasteiger charge is 2.25. The molecule has 0 saturated carbocycles. The summed E-state index contributed by atoms with van der Waals surface area (Å²) in [6.07, 6.45) is 0. The van der Waals surface area contributed by atoms with Crippen LogP contribution in [-0.4, -0.2) is 22.2 Å². The molecule has 21 heavy (non-hydrogen) atoms. The van der Waals surface area contributed by atoms with E-state index in [2.05, 4.69) is 0 Å². The van der Waals surface area contributed by atoms with E-state index in [4.69, 9.17) is 5.11 Å². The number of rotatable bonds is 4. The van der Waals surface area contributed by atoms with Crippen LogP contribution in [0.25, 0.3) is 20.2 Å². The average Bonchev–Trinajstić information content (AvgIpc) is 3.17. The van der Waals surface area contributed by atoms with E-state index in [1.165, 1.54) is 16.7 Å². The molecular weight excluding hydrogens is 328 g/mol. The van der Waals surface area contributed by atoms with Crippen molar-refractivity contribution in [2.45, 2.75) is 0 Å². The molecule has 0 aliphatic carbocycles. The molecule has 0 radical (unpaired) electrons. The summed E-state index contributed by atoms with van der Waals surface area (Å²) in [6.45, 7) is 0. The maximum atomic E-state index is 11.5. The first-order valence-electron chi connectivity index (χ1n) is 5.79. The minimum Gasteiger partial charge on any atom is -0.478 e. The summed E-state index contributed by atoms with van der Waals surface area (Å²) in [5.41, 5.74) is 0.650. The van der Waals surface area contributed by atoms with Crippen molar-refractivity contribution in [3.63, 3.8) is 0 Å². The lowest BCUT2D eigenvalue weighted by Crippen LogP contribution is -2.05. The second kappa shape index (κ2) is 5.44. The van der Waals surface area contributed by atoms with Crippen LogP contribution in [0.4, 0.5) is 0 Å². The highest BCUT2D eigenvalue weighted by atomic mass is 32.1. The second-order valence-corrected chi connectivity index (χ2v) is 6.85. The fraction of sp³-hybridized carbons (Fsp3) is 0. The topological polar surface area (TPSA) is 74.6 Å². The highest BCUT2D eigenvalue weighted by Crippen LogP contribution is 2.43. The lowest BCUT2D eigenvalue weighted by Gasteiger charge is -2.02. The molecule has 7 heteroatoms. The van der Waals surface area contributed by atoms with Gasteiger partial charge in [0.15, 0.2) is 0 Å². The number of hydrogen-bond donors (Lipinski definition) is 2. The third kappa shape index (κ3) is 2.39. The predicted molar refractivity (Wildman–Crippen MR) is 84.9 cm³/mol. The number of carboxylic acid groups (broad SMARTS) is 2. The van der Waals surface area contributed by atoms with Crippen molar-refractivity contribution in [2.75, 3.05) is 0 Å². The predicted octanol–water partition coefficient (Wildman–Crippen LogP) is 4.60. The van der Waals surface area contributed by atoms with E-state index in [9.17, 15) is 14.7 Å². The average molecular weight is 336 g/mol. The molecule has 3 aromatic heterocycles. The Labute approximate surface area is 131 Å². The number of thiophene rings is 3. The van der Waals surface area contributed by atoms with Crippen molar-refractivity contribution >= 4 is 45.9 Å². The molecule has 4 nitrogen and oxygen atoms in total. The largest absolute Gasteiger partial charge is 0.478 e. The fourth-order valence-corrected chi connectivity index (χ4v) is 4.96. The molecule has 0 fully saturated rings. The van der Waals surface area contributed by atoms with Crippen LogP contribution in [0.15, 0.2) is 34.3 Å². The van der Waals surface area contributed by atoms with Crippen LogP contribution >= 0.6 is 34.0 Å². The van der Waals surface area contributed by atoms with E-state index in [0.717, 1.165) is 26.7 Å². The van der Waals surface area contributed by atoms with Gasteiger partial charge in [0.2, 0.25) is 0 Å². The first-order valence-corrected chi connectivity index (χ1v) is 8.43. The van der Waals surface area contributed by atoms with E-state index in [1.54, 1.807) is 11.3 Å². The van der Waals surface area contributed by atoms with Crippen LogP contribution in [0.2, 0.25) is 0 Å². The Morgan fingerprint density at radius 3 is 2.33 bits per heavy atom. The normalized spacial score (nSPS) is 10.7. The van der Waals surface area contributed by atoms with Gasteiger partial charge in [0.1, 0.15) is 0 Å². The molecule has 0 spiro atoms. The molecule has 0 atom stereocenters.